The maximum absolute atomic E-state index is 13.0. The smallest absolute Gasteiger partial charge is 0.336 e. The highest BCUT2D eigenvalue weighted by molar-refractivity contribution is 7.74. The second kappa shape index (κ2) is 9.21. The molecule has 35 heavy (non-hydrogen) atoms. The first kappa shape index (κ1) is 22.6. The molecule has 0 aliphatic heterocycles. The Labute approximate surface area is 205 Å². The molecule has 2 aromatic heterocycles. The van der Waals surface area contributed by atoms with Crippen molar-refractivity contribution in [1.29, 1.82) is 0 Å². The molecular weight excluding hydrogens is 490 g/mol. The minimum absolute atomic E-state index is 0.0655. The number of anilines is 3. The number of para-hydroxylation sites is 1. The number of nitrogens with zero attached hydrogens (tertiary/aromatic N) is 2. The number of rotatable bonds is 5. The summed E-state index contributed by atoms with van der Waals surface area (Å²) < 4.78 is 30.9. The van der Waals surface area contributed by atoms with Crippen molar-refractivity contribution in [1.82, 2.24) is 4.98 Å². The Morgan fingerprint density at radius 1 is 0.943 bits per heavy atom. The van der Waals surface area contributed by atoms with Crippen LogP contribution in [0.3, 0.4) is 0 Å². The van der Waals surface area contributed by atoms with Crippen LogP contribution >= 0.6 is 11.6 Å². The molecule has 0 saturated carbocycles. The topological polar surface area (TPSA) is 110 Å². The van der Waals surface area contributed by atoms with Gasteiger partial charge in [0.2, 0.25) is 10.9 Å². The van der Waals surface area contributed by atoms with Crippen molar-refractivity contribution in [3.8, 4) is 0 Å². The van der Waals surface area contributed by atoms with Gasteiger partial charge in [-0.2, -0.15) is 0 Å². The van der Waals surface area contributed by atoms with E-state index in [1.54, 1.807) is 42.5 Å². The van der Waals surface area contributed by atoms with Gasteiger partial charge in [0.15, 0.2) is 5.58 Å². The molecule has 0 spiro atoms. The van der Waals surface area contributed by atoms with Gasteiger partial charge in [0.05, 0.1) is 11.3 Å². The summed E-state index contributed by atoms with van der Waals surface area (Å²) in [4.78, 5) is 28.9. The summed E-state index contributed by atoms with van der Waals surface area (Å²) in [6, 6.07) is 21.2. The van der Waals surface area contributed by atoms with E-state index in [9.17, 15) is 18.0 Å². The zero-order chi connectivity index (χ0) is 24.5. The lowest BCUT2D eigenvalue weighted by Crippen LogP contribution is -2.17. The number of carbonyl (C=O) groups is 1. The normalized spacial score (nSPS) is 11.1. The summed E-state index contributed by atoms with van der Waals surface area (Å²) in [5, 5.41) is 5.10. The van der Waals surface area contributed by atoms with E-state index in [4.69, 9.17) is 16.0 Å². The number of benzene rings is 3. The molecule has 8 nitrogen and oxygen atoms in total. The van der Waals surface area contributed by atoms with Crippen LogP contribution in [-0.4, -0.2) is 19.3 Å². The van der Waals surface area contributed by atoms with Crippen molar-refractivity contribution in [3.63, 3.8) is 0 Å². The van der Waals surface area contributed by atoms with Gasteiger partial charge >= 0.3 is 5.63 Å². The molecule has 0 aliphatic carbocycles. The molecule has 1 N–H and O–H groups in total. The Bertz CT molecular complexity index is 1740. The SMILES string of the molecule is O=C(Nc1ccnc(N(c2cc(Cl)cc3ccccc23)[SH](=O)=O)c1)c1cccc2ccc(=O)oc12. The van der Waals surface area contributed by atoms with Gasteiger partial charge < -0.3 is 9.73 Å². The number of nitrogens with one attached hydrogen (secondary N) is 1. The molecule has 5 rings (SSSR count). The van der Waals surface area contributed by atoms with E-state index in [0.29, 0.717) is 27.2 Å². The Hall–Kier alpha value is -4.21. The molecule has 0 aliphatic rings. The van der Waals surface area contributed by atoms with Crippen molar-refractivity contribution in [2.75, 3.05) is 9.62 Å². The van der Waals surface area contributed by atoms with E-state index in [2.05, 4.69) is 10.3 Å². The number of hydrogen-bond acceptors (Lipinski definition) is 6. The molecule has 0 unspecified atom stereocenters. The molecule has 2 heterocycles. The average Bonchev–Trinajstić information content (AvgIpc) is 2.83. The third-order valence-electron chi connectivity index (χ3n) is 5.31. The summed E-state index contributed by atoms with van der Waals surface area (Å²) in [5.41, 5.74) is 0.361. The number of carbonyl (C=O) groups excluding carboxylic acids is 1. The van der Waals surface area contributed by atoms with Gasteiger partial charge in [-0.3, -0.25) is 4.79 Å². The van der Waals surface area contributed by atoms with Crippen LogP contribution in [0.15, 0.2) is 94.3 Å². The highest BCUT2D eigenvalue weighted by atomic mass is 35.5. The van der Waals surface area contributed by atoms with Gasteiger partial charge in [-0.15, -0.1) is 0 Å². The van der Waals surface area contributed by atoms with Gasteiger partial charge in [0.1, 0.15) is 5.82 Å². The Morgan fingerprint density at radius 3 is 2.57 bits per heavy atom. The van der Waals surface area contributed by atoms with Gasteiger partial charge in [-0.05, 0) is 35.7 Å². The number of halogens is 1. The van der Waals surface area contributed by atoms with Crippen LogP contribution in [0.2, 0.25) is 5.02 Å². The minimum Gasteiger partial charge on any atom is -0.422 e. The molecule has 0 atom stereocenters. The lowest BCUT2D eigenvalue weighted by molar-refractivity contribution is 0.102. The van der Waals surface area contributed by atoms with Crippen LogP contribution < -0.4 is 15.2 Å². The van der Waals surface area contributed by atoms with Crippen LogP contribution in [0, 0.1) is 0 Å². The third kappa shape index (κ3) is 4.46. The minimum atomic E-state index is -3.16. The number of thiol groups is 1. The number of amides is 1. The Balaban J connectivity index is 1.54. The summed E-state index contributed by atoms with van der Waals surface area (Å²) in [6.07, 6.45) is 1.38. The van der Waals surface area contributed by atoms with Gasteiger partial charge in [-0.25, -0.2) is 22.5 Å². The van der Waals surface area contributed by atoms with E-state index in [-0.39, 0.29) is 17.0 Å². The van der Waals surface area contributed by atoms with E-state index < -0.39 is 22.4 Å². The number of aromatic nitrogens is 1. The van der Waals surface area contributed by atoms with Crippen molar-refractivity contribution in [3.05, 3.63) is 106 Å². The molecule has 174 valence electrons. The maximum Gasteiger partial charge on any atom is 0.336 e. The maximum atomic E-state index is 13.0. The predicted molar refractivity (Wildman–Crippen MR) is 136 cm³/mol. The van der Waals surface area contributed by atoms with E-state index in [0.717, 1.165) is 9.69 Å². The zero-order valence-corrected chi connectivity index (χ0v) is 19.5. The van der Waals surface area contributed by atoms with Crippen molar-refractivity contribution in [2.45, 2.75) is 0 Å². The monoisotopic (exact) mass is 505 g/mol. The fourth-order valence-electron chi connectivity index (χ4n) is 3.81. The molecule has 0 fully saturated rings. The molecule has 0 radical (unpaired) electrons. The van der Waals surface area contributed by atoms with Crippen molar-refractivity contribution < 1.29 is 17.6 Å². The quantitative estimate of drug-likeness (QED) is 0.259. The average molecular weight is 506 g/mol. The summed E-state index contributed by atoms with van der Waals surface area (Å²) >= 11 is 6.25. The molecule has 0 bridgehead atoms. The van der Waals surface area contributed by atoms with Crippen LogP contribution in [-0.2, 0) is 10.9 Å². The largest absolute Gasteiger partial charge is 0.422 e. The van der Waals surface area contributed by atoms with Crippen molar-refractivity contribution >= 4 is 67.3 Å². The van der Waals surface area contributed by atoms with E-state index in [1.807, 2.05) is 12.1 Å². The zero-order valence-electron chi connectivity index (χ0n) is 17.8. The van der Waals surface area contributed by atoms with Crippen LogP contribution in [0.4, 0.5) is 17.2 Å². The molecule has 1 amide bonds. The first-order valence-electron chi connectivity index (χ1n) is 10.3. The number of fused-ring (bicyclic) bond motifs is 2. The molecule has 0 saturated heterocycles. The lowest BCUT2D eigenvalue weighted by Gasteiger charge is -2.20. The fraction of sp³-hybridized carbons (Fsp3) is 0. The van der Waals surface area contributed by atoms with Crippen LogP contribution in [0.25, 0.3) is 21.7 Å². The summed E-state index contributed by atoms with van der Waals surface area (Å²) in [7, 11) is -3.16. The highest BCUT2D eigenvalue weighted by Crippen LogP contribution is 2.35. The third-order valence-corrected chi connectivity index (χ3v) is 6.27. The standard InChI is InChI=1S/C25H16ClN3O5S/c26-17-12-16-4-1-2-6-19(16)21(13-17)29(35(32)33)22-14-18(10-11-27-22)28-25(31)20-7-3-5-15-8-9-23(30)34-24(15)20/h1-14,35H,(H,27,28,31). The number of hydrogen-bond donors (Lipinski definition) is 2. The van der Waals surface area contributed by atoms with Crippen LogP contribution in [0.5, 0.6) is 0 Å². The predicted octanol–water partition coefficient (Wildman–Crippen LogP) is 4.91. The van der Waals surface area contributed by atoms with Gasteiger partial charge in [0, 0.05) is 39.8 Å². The fourth-order valence-corrected chi connectivity index (χ4v) is 4.65. The first-order valence-corrected chi connectivity index (χ1v) is 11.8. The van der Waals surface area contributed by atoms with E-state index >= 15 is 0 Å². The van der Waals surface area contributed by atoms with Gasteiger partial charge in [-0.1, -0.05) is 48.0 Å². The Morgan fingerprint density at radius 2 is 1.74 bits per heavy atom. The second-order valence-corrected chi connectivity index (χ2v) is 8.84. The summed E-state index contributed by atoms with van der Waals surface area (Å²) in [5.74, 6) is -0.468. The van der Waals surface area contributed by atoms with Crippen molar-refractivity contribution in [2.24, 2.45) is 0 Å². The molecule has 10 heteroatoms. The highest BCUT2D eigenvalue weighted by Gasteiger charge is 2.19. The Kier molecular flexibility index (Phi) is 5.94. The first-order chi connectivity index (χ1) is 16.9. The molecule has 5 aromatic rings. The summed E-state index contributed by atoms with van der Waals surface area (Å²) in [6.45, 7) is 0. The lowest BCUT2D eigenvalue weighted by atomic mass is 10.1. The number of pyridine rings is 1. The van der Waals surface area contributed by atoms with E-state index in [1.165, 1.54) is 30.5 Å². The second-order valence-electron chi connectivity index (χ2n) is 7.53. The molecule has 3 aromatic carbocycles. The van der Waals surface area contributed by atoms with Gasteiger partial charge in [0.25, 0.3) is 5.91 Å². The van der Waals surface area contributed by atoms with Crippen LogP contribution in [0.1, 0.15) is 10.4 Å². The molecular formula is C25H16ClN3O5S.